The maximum atomic E-state index is 12.0. The van der Waals surface area contributed by atoms with Crippen LogP contribution in [0.4, 0.5) is 0 Å². The van der Waals surface area contributed by atoms with Gasteiger partial charge in [0.1, 0.15) is 30.0 Å². The zero-order chi connectivity index (χ0) is 29.9. The minimum Gasteiger partial charge on any atom is -0.493 e. The van der Waals surface area contributed by atoms with Gasteiger partial charge in [0.2, 0.25) is 0 Å². The van der Waals surface area contributed by atoms with Gasteiger partial charge in [0.25, 0.3) is 0 Å². The van der Waals surface area contributed by atoms with Crippen molar-refractivity contribution < 1.29 is 24.2 Å². The summed E-state index contributed by atoms with van der Waals surface area (Å²) in [5, 5.41) is 12.6. The van der Waals surface area contributed by atoms with Crippen molar-refractivity contribution in [1.29, 1.82) is 0 Å². The Morgan fingerprint density at radius 3 is 2.45 bits per heavy atom. The number of aliphatic hydroxyl groups excluding tert-OH is 1. The van der Waals surface area contributed by atoms with Gasteiger partial charge in [0, 0.05) is 28.1 Å². The average Bonchev–Trinajstić information content (AvgIpc) is 3.68. The molecule has 5 rings (SSSR count). The van der Waals surface area contributed by atoms with E-state index in [1.807, 2.05) is 74.5 Å². The zero-order valence-corrected chi connectivity index (χ0v) is 25.6. The Morgan fingerprint density at radius 2 is 1.74 bits per heavy atom. The first-order chi connectivity index (χ1) is 20.5. The smallest absolute Gasteiger partial charge is 0.153 e. The zero-order valence-electron chi connectivity index (χ0n) is 24.8. The van der Waals surface area contributed by atoms with Gasteiger partial charge in [-0.15, -0.1) is 11.3 Å². The second-order valence-electron chi connectivity index (χ2n) is 10.2. The average molecular weight is 588 g/mol. The van der Waals surface area contributed by atoms with E-state index in [0.717, 1.165) is 63.3 Å². The van der Waals surface area contributed by atoms with Crippen LogP contribution < -0.4 is 9.47 Å². The topological polar surface area (TPSA) is 76.1 Å². The van der Waals surface area contributed by atoms with Gasteiger partial charge in [-0.05, 0) is 92.2 Å². The van der Waals surface area contributed by atoms with E-state index in [1.165, 1.54) is 12.8 Å². The number of carbonyl (C=O) groups is 2. The maximum Gasteiger partial charge on any atom is 0.153 e. The summed E-state index contributed by atoms with van der Waals surface area (Å²) in [4.78, 5) is 26.5. The Balaban J connectivity index is 0.00000198. The Labute approximate surface area is 252 Å². The Hall–Kier alpha value is -3.52. The number of rotatable bonds is 13. The highest BCUT2D eigenvalue weighted by Crippen LogP contribution is 2.44. The first kappa shape index (κ1) is 31.4. The molecule has 4 aromatic rings. The number of nitrogens with zero attached hydrogens (tertiary/aromatic N) is 1. The van der Waals surface area contributed by atoms with Crippen LogP contribution in [-0.2, 0) is 4.79 Å². The molecule has 1 atom stereocenters. The summed E-state index contributed by atoms with van der Waals surface area (Å²) in [6.45, 7) is 9.80. The monoisotopic (exact) mass is 587 g/mol. The van der Waals surface area contributed by atoms with E-state index < -0.39 is 6.10 Å². The molecule has 2 heterocycles. The molecule has 1 fully saturated rings. The molecule has 1 unspecified atom stereocenters. The number of benzene rings is 3. The van der Waals surface area contributed by atoms with Crippen LogP contribution >= 0.6 is 11.3 Å². The van der Waals surface area contributed by atoms with E-state index in [9.17, 15) is 14.7 Å². The highest BCUT2D eigenvalue weighted by atomic mass is 32.1. The van der Waals surface area contributed by atoms with Gasteiger partial charge >= 0.3 is 0 Å². The summed E-state index contributed by atoms with van der Waals surface area (Å²) in [6, 6.07) is 21.2. The van der Waals surface area contributed by atoms with Crippen LogP contribution in [0.3, 0.4) is 0 Å². The maximum absolute atomic E-state index is 12.0. The molecule has 1 N–H and O–H groups in total. The molecular formula is C35H41NO5S. The quantitative estimate of drug-likeness (QED) is 0.128. The molecule has 1 saturated heterocycles. The van der Waals surface area contributed by atoms with Crippen molar-refractivity contribution in [2.45, 2.75) is 52.6 Å². The predicted molar refractivity (Wildman–Crippen MR) is 171 cm³/mol. The number of ketones is 1. The number of Topliss-reactive ketones (excluding diaryl/α,β-unsaturated/α-hetero) is 1. The molecule has 0 radical (unpaired) electrons. The van der Waals surface area contributed by atoms with E-state index in [0.29, 0.717) is 37.4 Å². The molecular weight excluding hydrogens is 546 g/mol. The Bertz CT molecular complexity index is 1460. The second-order valence-corrected chi connectivity index (χ2v) is 11.3. The minimum atomic E-state index is -0.855. The Morgan fingerprint density at radius 1 is 1.00 bits per heavy atom. The van der Waals surface area contributed by atoms with Gasteiger partial charge in [0.15, 0.2) is 6.29 Å². The lowest BCUT2D eigenvalue weighted by atomic mass is 9.95. The summed E-state index contributed by atoms with van der Waals surface area (Å²) in [7, 11) is 0. The molecule has 1 aliphatic heterocycles. The fourth-order valence-corrected chi connectivity index (χ4v) is 6.41. The lowest BCUT2D eigenvalue weighted by Crippen LogP contribution is -2.25. The fraction of sp³-hybridized carbons (Fsp3) is 0.371. The molecule has 0 spiro atoms. The van der Waals surface area contributed by atoms with E-state index >= 15 is 0 Å². The summed E-state index contributed by atoms with van der Waals surface area (Å²) in [6.07, 6.45) is 3.51. The number of fused-ring (bicyclic) bond motifs is 1. The van der Waals surface area contributed by atoms with Crippen molar-refractivity contribution in [3.63, 3.8) is 0 Å². The summed E-state index contributed by atoms with van der Waals surface area (Å²) in [5.74, 6) is 1.40. The molecule has 0 bridgehead atoms. The molecule has 42 heavy (non-hydrogen) atoms. The molecule has 0 aliphatic carbocycles. The molecule has 0 amide bonds. The molecule has 7 heteroatoms. The highest BCUT2D eigenvalue weighted by molar-refractivity contribution is 7.22. The summed E-state index contributed by atoms with van der Waals surface area (Å²) in [5.41, 5.74) is 2.87. The van der Waals surface area contributed by atoms with Gasteiger partial charge < -0.3 is 19.4 Å². The molecule has 3 aromatic carbocycles. The van der Waals surface area contributed by atoms with E-state index in [2.05, 4.69) is 4.90 Å². The number of aliphatic hydroxyl groups is 1. The number of aldehydes is 1. The predicted octanol–water partition coefficient (Wildman–Crippen LogP) is 7.71. The summed E-state index contributed by atoms with van der Waals surface area (Å²) >= 11 is 1.59. The van der Waals surface area contributed by atoms with Crippen LogP contribution in [0, 0.1) is 0 Å². The van der Waals surface area contributed by atoms with Crippen LogP contribution in [-0.4, -0.2) is 54.9 Å². The van der Waals surface area contributed by atoms with Gasteiger partial charge in [-0.1, -0.05) is 44.2 Å². The second kappa shape index (κ2) is 15.6. The van der Waals surface area contributed by atoms with Crippen LogP contribution in [0.5, 0.6) is 11.5 Å². The van der Waals surface area contributed by atoms with Crippen LogP contribution in [0.2, 0.25) is 0 Å². The molecule has 0 saturated carbocycles. The van der Waals surface area contributed by atoms with Crippen LogP contribution in [0.1, 0.15) is 74.0 Å². The highest BCUT2D eigenvalue weighted by Gasteiger charge is 2.23. The van der Waals surface area contributed by atoms with Crippen LogP contribution in [0.15, 0.2) is 66.7 Å². The number of likely N-dealkylation sites (tertiary alicyclic amines) is 1. The van der Waals surface area contributed by atoms with Crippen molar-refractivity contribution >= 4 is 33.5 Å². The Kier molecular flexibility index (Phi) is 11.7. The first-order valence-electron chi connectivity index (χ1n) is 14.9. The molecule has 6 nitrogen and oxygen atoms in total. The van der Waals surface area contributed by atoms with Gasteiger partial charge in [-0.3, -0.25) is 9.69 Å². The summed E-state index contributed by atoms with van der Waals surface area (Å²) < 4.78 is 12.8. The lowest BCUT2D eigenvalue weighted by Gasteiger charge is -2.17. The number of thiophene rings is 1. The van der Waals surface area contributed by atoms with E-state index in [4.69, 9.17) is 9.47 Å². The number of ether oxygens (including phenoxy) is 2. The minimum absolute atomic E-state index is 0.116. The molecule has 222 valence electrons. The standard InChI is InChI=1S/C33H35NO5S.C2H6/c1-23(36)7-6-19-39-29-15-12-25(21-26(29)22-35)33-31(28-8-2-3-9-30(28)40-33)32(37)24-10-13-27(14-11-24)38-20-18-34-16-4-5-17-34;1-2/h2-3,8-15,21-22,32,37H,4-7,16-20H2,1H3;1-2H3. The molecule has 1 aliphatic rings. The van der Waals surface area contributed by atoms with Gasteiger partial charge in [-0.2, -0.15) is 0 Å². The third kappa shape index (κ3) is 7.85. The van der Waals surface area contributed by atoms with Crippen molar-refractivity contribution in [3.05, 3.63) is 83.4 Å². The van der Waals surface area contributed by atoms with Crippen molar-refractivity contribution in [3.8, 4) is 21.9 Å². The first-order valence-corrected chi connectivity index (χ1v) is 15.7. The SMILES string of the molecule is CC.CC(=O)CCCOc1ccc(-c2sc3ccccc3c2C(O)c2ccc(OCCN3CCCC3)cc2)cc1C=O. The van der Waals surface area contributed by atoms with E-state index in [1.54, 1.807) is 24.3 Å². The normalized spacial score (nSPS) is 13.8. The van der Waals surface area contributed by atoms with Crippen molar-refractivity contribution in [1.82, 2.24) is 4.90 Å². The largest absolute Gasteiger partial charge is 0.493 e. The van der Waals surface area contributed by atoms with Gasteiger partial charge in [-0.25, -0.2) is 0 Å². The third-order valence-corrected chi connectivity index (χ3v) is 8.54. The number of hydrogen-bond acceptors (Lipinski definition) is 7. The lowest BCUT2D eigenvalue weighted by molar-refractivity contribution is -0.117. The number of hydrogen-bond donors (Lipinski definition) is 1. The number of carbonyl (C=O) groups excluding carboxylic acids is 2. The van der Waals surface area contributed by atoms with Gasteiger partial charge in [0.05, 0.1) is 12.2 Å². The van der Waals surface area contributed by atoms with Crippen LogP contribution in [0.25, 0.3) is 20.5 Å². The third-order valence-electron chi connectivity index (χ3n) is 7.31. The van der Waals surface area contributed by atoms with E-state index in [-0.39, 0.29) is 5.78 Å². The molecule has 1 aromatic heterocycles. The van der Waals surface area contributed by atoms with Crippen molar-refractivity contribution in [2.75, 3.05) is 32.8 Å². The fourth-order valence-electron chi connectivity index (χ4n) is 5.18. The van der Waals surface area contributed by atoms with Crippen molar-refractivity contribution in [2.24, 2.45) is 0 Å².